The second kappa shape index (κ2) is 8.59. The summed E-state index contributed by atoms with van der Waals surface area (Å²) in [5.74, 6) is 0. The van der Waals surface area contributed by atoms with E-state index in [4.69, 9.17) is 17.3 Å². The van der Waals surface area contributed by atoms with E-state index in [0.29, 0.717) is 27.5 Å². The van der Waals surface area contributed by atoms with Crippen LogP contribution in [0.5, 0.6) is 0 Å². The maximum absolute atomic E-state index is 13.1. The van der Waals surface area contributed by atoms with Crippen LogP contribution in [0.1, 0.15) is 11.1 Å². The number of rotatable bonds is 4. The van der Waals surface area contributed by atoms with Crippen LogP contribution in [-0.2, 0) is 12.7 Å². The Hall–Kier alpha value is -4.11. The molecule has 2 heterocycles. The Morgan fingerprint density at radius 3 is 2.14 bits per heavy atom. The first-order valence-electron chi connectivity index (χ1n) is 10.5. The number of alkyl halides is 3. The third-order valence-corrected chi connectivity index (χ3v) is 5.83. The minimum absolute atomic E-state index is 0.0163. The lowest BCUT2D eigenvalue weighted by Crippen LogP contribution is -2.23. The molecule has 0 amide bonds. The van der Waals surface area contributed by atoms with Crippen LogP contribution in [0, 0.1) is 0 Å². The number of hydrogen-bond donors (Lipinski definition) is 1. The number of fused-ring (bicyclic) bond motifs is 1. The molecule has 0 saturated carbocycles. The average Bonchev–Trinajstić information content (AvgIpc) is 3.14. The largest absolute Gasteiger partial charge is 0.416 e. The van der Waals surface area contributed by atoms with Gasteiger partial charge in [-0.05, 0) is 53.1 Å². The van der Waals surface area contributed by atoms with Crippen molar-refractivity contribution in [3.63, 3.8) is 0 Å². The average molecular weight is 496 g/mol. The Balaban J connectivity index is 1.66. The SMILES string of the molecule is Nc1ccc(-c2cnn3c(=O)n(Cc4ccc(C(F)(F)F)cc4)nc3c2-c2ccc(Cl)cc2)cc1. The van der Waals surface area contributed by atoms with Crippen LogP contribution in [0.2, 0.25) is 5.02 Å². The maximum Gasteiger partial charge on any atom is 0.416 e. The van der Waals surface area contributed by atoms with Crippen molar-refractivity contribution >= 4 is 22.9 Å². The summed E-state index contributed by atoms with van der Waals surface area (Å²) < 4.78 is 41.0. The minimum atomic E-state index is -4.44. The Morgan fingerprint density at radius 1 is 0.886 bits per heavy atom. The number of halogens is 4. The van der Waals surface area contributed by atoms with Crippen LogP contribution >= 0.6 is 11.6 Å². The molecule has 0 saturated heterocycles. The molecule has 0 fully saturated rings. The standard InChI is InChI=1S/C25H17ClF3N5O/c26-19-9-3-17(4-10-19)22-21(16-5-11-20(30)12-6-16)13-31-34-23(22)32-33(24(34)35)14-15-1-7-18(8-2-15)25(27,28)29/h1-13H,14,30H2. The summed E-state index contributed by atoms with van der Waals surface area (Å²) in [6, 6.07) is 18.9. The molecule has 0 unspecified atom stereocenters. The molecule has 2 N–H and O–H groups in total. The Morgan fingerprint density at radius 2 is 1.51 bits per heavy atom. The van der Waals surface area contributed by atoms with Crippen molar-refractivity contribution < 1.29 is 13.2 Å². The van der Waals surface area contributed by atoms with E-state index in [1.54, 1.807) is 30.5 Å². The van der Waals surface area contributed by atoms with Crippen molar-refractivity contribution in [2.75, 3.05) is 5.73 Å². The fourth-order valence-corrected chi connectivity index (χ4v) is 3.94. The van der Waals surface area contributed by atoms with E-state index in [1.807, 2.05) is 24.3 Å². The third kappa shape index (κ3) is 4.38. The van der Waals surface area contributed by atoms with Gasteiger partial charge in [-0.15, -0.1) is 5.10 Å². The highest BCUT2D eigenvalue weighted by Crippen LogP contribution is 2.35. The van der Waals surface area contributed by atoms with Crippen molar-refractivity contribution in [2.24, 2.45) is 0 Å². The van der Waals surface area contributed by atoms with E-state index in [-0.39, 0.29) is 6.54 Å². The zero-order valence-corrected chi connectivity index (χ0v) is 18.8. The van der Waals surface area contributed by atoms with Gasteiger partial charge in [-0.1, -0.05) is 48.0 Å². The zero-order valence-electron chi connectivity index (χ0n) is 18.0. The molecule has 6 nitrogen and oxygen atoms in total. The molecular weight excluding hydrogens is 479 g/mol. The number of aromatic nitrogens is 4. The highest BCUT2D eigenvalue weighted by atomic mass is 35.5. The van der Waals surface area contributed by atoms with Gasteiger partial charge < -0.3 is 5.73 Å². The molecule has 0 radical (unpaired) electrons. The van der Waals surface area contributed by atoms with E-state index < -0.39 is 17.4 Å². The van der Waals surface area contributed by atoms with Gasteiger partial charge in [0.05, 0.1) is 18.3 Å². The normalized spacial score (nSPS) is 11.8. The van der Waals surface area contributed by atoms with E-state index in [0.717, 1.165) is 28.8 Å². The second-order valence-electron chi connectivity index (χ2n) is 7.93. The molecule has 176 valence electrons. The van der Waals surface area contributed by atoms with Crippen molar-refractivity contribution in [3.05, 3.63) is 106 Å². The maximum atomic E-state index is 13.1. The summed E-state index contributed by atoms with van der Waals surface area (Å²) >= 11 is 6.08. The molecule has 10 heteroatoms. The predicted molar refractivity (Wildman–Crippen MR) is 128 cm³/mol. The van der Waals surface area contributed by atoms with Crippen molar-refractivity contribution in [3.8, 4) is 22.3 Å². The van der Waals surface area contributed by atoms with Crippen molar-refractivity contribution in [1.82, 2.24) is 19.4 Å². The van der Waals surface area contributed by atoms with Gasteiger partial charge in [0.15, 0.2) is 5.65 Å². The number of anilines is 1. The molecule has 0 aliphatic carbocycles. The minimum Gasteiger partial charge on any atom is -0.399 e. The summed E-state index contributed by atoms with van der Waals surface area (Å²) in [6.45, 7) is -0.0163. The molecule has 35 heavy (non-hydrogen) atoms. The first-order chi connectivity index (χ1) is 16.7. The van der Waals surface area contributed by atoms with E-state index in [1.165, 1.54) is 21.3 Å². The second-order valence-corrected chi connectivity index (χ2v) is 8.37. The molecule has 0 spiro atoms. The number of nitrogen functional groups attached to an aromatic ring is 1. The van der Waals surface area contributed by atoms with Gasteiger partial charge in [0.1, 0.15) is 0 Å². The Kier molecular flexibility index (Phi) is 5.56. The Labute approximate surface area is 202 Å². The molecule has 0 atom stereocenters. The molecular formula is C25H17ClF3N5O. The lowest BCUT2D eigenvalue weighted by Gasteiger charge is -2.11. The van der Waals surface area contributed by atoms with Crippen LogP contribution in [0.25, 0.3) is 27.9 Å². The van der Waals surface area contributed by atoms with Crippen LogP contribution in [0.15, 0.2) is 83.8 Å². The van der Waals surface area contributed by atoms with Gasteiger partial charge in [-0.3, -0.25) is 0 Å². The number of hydrogen-bond acceptors (Lipinski definition) is 4. The molecule has 0 aliphatic heterocycles. The zero-order chi connectivity index (χ0) is 24.7. The lowest BCUT2D eigenvalue weighted by molar-refractivity contribution is -0.137. The number of benzene rings is 3. The summed E-state index contributed by atoms with van der Waals surface area (Å²) in [5, 5.41) is 9.37. The quantitative estimate of drug-likeness (QED) is 0.333. The molecule has 0 bridgehead atoms. The van der Waals surface area contributed by atoms with E-state index in [2.05, 4.69) is 10.2 Å². The molecule has 5 aromatic rings. The number of nitrogens with zero attached hydrogens (tertiary/aromatic N) is 4. The predicted octanol–water partition coefficient (Wildman–Crippen LogP) is 5.53. The van der Waals surface area contributed by atoms with Crippen LogP contribution in [-0.4, -0.2) is 19.4 Å². The number of nitrogens with two attached hydrogens (primary N) is 1. The summed E-state index contributed by atoms with van der Waals surface area (Å²) in [5.41, 5.74) is 8.94. The van der Waals surface area contributed by atoms with E-state index >= 15 is 0 Å². The molecule has 3 aromatic carbocycles. The topological polar surface area (TPSA) is 78.2 Å². The molecule has 0 aliphatic rings. The molecule has 5 rings (SSSR count). The fraction of sp³-hybridized carbons (Fsp3) is 0.0800. The highest BCUT2D eigenvalue weighted by Gasteiger charge is 2.30. The summed E-state index contributed by atoms with van der Waals surface area (Å²) in [6.07, 6.45) is -2.86. The summed E-state index contributed by atoms with van der Waals surface area (Å²) in [7, 11) is 0. The lowest BCUT2D eigenvalue weighted by atomic mass is 9.97. The monoisotopic (exact) mass is 495 g/mol. The van der Waals surface area contributed by atoms with Crippen LogP contribution < -0.4 is 11.4 Å². The highest BCUT2D eigenvalue weighted by molar-refractivity contribution is 6.30. The van der Waals surface area contributed by atoms with Gasteiger partial charge in [-0.2, -0.15) is 22.8 Å². The van der Waals surface area contributed by atoms with Gasteiger partial charge in [0, 0.05) is 21.8 Å². The summed E-state index contributed by atoms with van der Waals surface area (Å²) in [4.78, 5) is 13.1. The van der Waals surface area contributed by atoms with Gasteiger partial charge in [0.2, 0.25) is 0 Å². The van der Waals surface area contributed by atoms with Crippen LogP contribution in [0.3, 0.4) is 0 Å². The van der Waals surface area contributed by atoms with Gasteiger partial charge >= 0.3 is 11.9 Å². The Bertz CT molecular complexity index is 1570. The van der Waals surface area contributed by atoms with E-state index in [9.17, 15) is 18.0 Å². The first kappa shape index (κ1) is 22.7. The van der Waals surface area contributed by atoms with Gasteiger partial charge in [-0.25, -0.2) is 9.48 Å². The smallest absolute Gasteiger partial charge is 0.399 e. The van der Waals surface area contributed by atoms with Crippen molar-refractivity contribution in [2.45, 2.75) is 12.7 Å². The first-order valence-corrected chi connectivity index (χ1v) is 10.9. The van der Waals surface area contributed by atoms with Crippen LogP contribution in [0.4, 0.5) is 18.9 Å². The third-order valence-electron chi connectivity index (χ3n) is 5.58. The van der Waals surface area contributed by atoms with Gasteiger partial charge in [0.25, 0.3) is 0 Å². The van der Waals surface area contributed by atoms with Crippen molar-refractivity contribution in [1.29, 1.82) is 0 Å². The fourth-order valence-electron chi connectivity index (χ4n) is 3.82. The molecule has 2 aromatic heterocycles.